The van der Waals surface area contributed by atoms with Crippen LogP contribution < -0.4 is 10.1 Å². The number of thiazole rings is 1. The third-order valence-electron chi connectivity index (χ3n) is 4.12. The molecule has 144 valence electrons. The summed E-state index contributed by atoms with van der Waals surface area (Å²) >= 11 is 1.55. The Morgan fingerprint density at radius 3 is 2.69 bits per heavy atom. The summed E-state index contributed by atoms with van der Waals surface area (Å²) in [6, 6.07) is 21.0. The van der Waals surface area contributed by atoms with Gasteiger partial charge in [0.1, 0.15) is 10.8 Å². The van der Waals surface area contributed by atoms with Gasteiger partial charge in [-0.1, -0.05) is 30.3 Å². The Morgan fingerprint density at radius 1 is 1.07 bits per heavy atom. The topological polar surface area (TPSA) is 94.4 Å². The van der Waals surface area contributed by atoms with Crippen LogP contribution in [0.25, 0.3) is 20.8 Å². The van der Waals surface area contributed by atoms with Crippen molar-refractivity contribution in [2.45, 2.75) is 0 Å². The number of carbonyl (C=O) groups excluding carboxylic acids is 1. The SMILES string of the molecule is O=C(COc1cccc([N+](=O)[O-])c1)Nc1ccccc1-c1nc2ccccc2s1. The molecule has 29 heavy (non-hydrogen) atoms. The molecule has 0 atom stereocenters. The normalized spacial score (nSPS) is 10.6. The fraction of sp³-hybridized carbons (Fsp3) is 0.0476. The van der Waals surface area contributed by atoms with Crippen LogP contribution in [0.4, 0.5) is 11.4 Å². The summed E-state index contributed by atoms with van der Waals surface area (Å²) in [7, 11) is 0. The second kappa shape index (κ2) is 8.07. The highest BCUT2D eigenvalue weighted by Crippen LogP contribution is 2.34. The van der Waals surface area contributed by atoms with E-state index in [-0.39, 0.29) is 24.0 Å². The van der Waals surface area contributed by atoms with Gasteiger partial charge >= 0.3 is 0 Å². The number of benzene rings is 3. The number of nitro groups is 1. The van der Waals surface area contributed by atoms with E-state index in [1.807, 2.05) is 42.5 Å². The third-order valence-corrected chi connectivity index (χ3v) is 5.19. The van der Waals surface area contributed by atoms with Crippen molar-refractivity contribution in [3.05, 3.63) is 82.9 Å². The zero-order valence-electron chi connectivity index (χ0n) is 15.1. The average molecular weight is 405 g/mol. The fourth-order valence-corrected chi connectivity index (χ4v) is 3.79. The molecule has 3 aromatic carbocycles. The van der Waals surface area contributed by atoms with Gasteiger partial charge < -0.3 is 10.1 Å². The molecule has 1 aromatic heterocycles. The molecule has 1 heterocycles. The molecule has 0 radical (unpaired) electrons. The molecule has 0 fully saturated rings. The van der Waals surface area contributed by atoms with E-state index < -0.39 is 4.92 Å². The first-order chi connectivity index (χ1) is 14.1. The standard InChI is InChI=1S/C21H15N3O4S/c25-20(13-28-15-7-5-6-14(12-15)24(26)27)22-17-9-2-1-8-16(17)21-23-18-10-3-4-11-19(18)29-21/h1-12H,13H2,(H,22,25). The van der Waals surface area contributed by atoms with Crippen molar-refractivity contribution in [1.82, 2.24) is 4.98 Å². The number of fused-ring (bicyclic) bond motifs is 1. The molecule has 0 spiro atoms. The van der Waals surface area contributed by atoms with Crippen LogP contribution in [0.5, 0.6) is 5.75 Å². The number of ether oxygens (including phenoxy) is 1. The van der Waals surface area contributed by atoms with Crippen LogP contribution in [0.1, 0.15) is 0 Å². The Hall–Kier alpha value is -3.78. The molecule has 0 saturated carbocycles. The molecule has 8 heteroatoms. The second-order valence-electron chi connectivity index (χ2n) is 6.12. The van der Waals surface area contributed by atoms with Gasteiger partial charge in [-0.2, -0.15) is 0 Å². The fourth-order valence-electron chi connectivity index (χ4n) is 2.79. The van der Waals surface area contributed by atoms with Crippen LogP contribution in [0, 0.1) is 10.1 Å². The number of nitrogens with zero attached hydrogens (tertiary/aromatic N) is 2. The highest BCUT2D eigenvalue weighted by atomic mass is 32.1. The van der Waals surface area contributed by atoms with Crippen molar-refractivity contribution in [3.8, 4) is 16.3 Å². The molecule has 1 N–H and O–H groups in total. The quantitative estimate of drug-likeness (QED) is 0.364. The molecular formula is C21H15N3O4S. The van der Waals surface area contributed by atoms with E-state index in [1.54, 1.807) is 23.5 Å². The Bertz CT molecular complexity index is 1170. The number of amides is 1. The molecule has 1 amide bonds. The molecule has 4 rings (SSSR count). The number of nitrogens with one attached hydrogen (secondary N) is 1. The minimum absolute atomic E-state index is 0.0934. The van der Waals surface area contributed by atoms with Gasteiger partial charge in [0.15, 0.2) is 6.61 Å². The van der Waals surface area contributed by atoms with E-state index in [4.69, 9.17) is 4.74 Å². The lowest BCUT2D eigenvalue weighted by atomic mass is 10.2. The van der Waals surface area contributed by atoms with Crippen LogP contribution in [0.15, 0.2) is 72.8 Å². The second-order valence-corrected chi connectivity index (χ2v) is 7.15. The summed E-state index contributed by atoms with van der Waals surface area (Å²) < 4.78 is 6.46. The molecule has 0 aliphatic rings. The molecule has 0 aliphatic carbocycles. The van der Waals surface area contributed by atoms with Crippen molar-refractivity contribution >= 4 is 38.8 Å². The predicted molar refractivity (Wildman–Crippen MR) is 112 cm³/mol. The Morgan fingerprint density at radius 2 is 1.86 bits per heavy atom. The Balaban J connectivity index is 1.49. The zero-order chi connectivity index (χ0) is 20.2. The minimum atomic E-state index is -0.513. The largest absolute Gasteiger partial charge is 0.484 e. The lowest BCUT2D eigenvalue weighted by Crippen LogP contribution is -2.20. The number of carbonyl (C=O) groups is 1. The maximum Gasteiger partial charge on any atom is 0.273 e. The predicted octanol–water partition coefficient (Wildman–Crippen LogP) is 4.89. The summed E-state index contributed by atoms with van der Waals surface area (Å²) in [5.74, 6) is -0.112. The monoisotopic (exact) mass is 405 g/mol. The van der Waals surface area contributed by atoms with Gasteiger partial charge in [-0.25, -0.2) is 4.98 Å². The van der Waals surface area contributed by atoms with Gasteiger partial charge in [0, 0.05) is 11.6 Å². The van der Waals surface area contributed by atoms with E-state index in [9.17, 15) is 14.9 Å². The summed E-state index contributed by atoms with van der Waals surface area (Å²) in [6.07, 6.45) is 0. The van der Waals surface area contributed by atoms with E-state index >= 15 is 0 Å². The number of anilines is 1. The summed E-state index contributed by atoms with van der Waals surface area (Å²) in [4.78, 5) is 27.3. The highest BCUT2D eigenvalue weighted by Gasteiger charge is 2.13. The van der Waals surface area contributed by atoms with Gasteiger partial charge in [-0.15, -0.1) is 11.3 Å². The lowest BCUT2D eigenvalue weighted by Gasteiger charge is -2.10. The van der Waals surface area contributed by atoms with Gasteiger partial charge in [-0.3, -0.25) is 14.9 Å². The molecule has 0 bridgehead atoms. The first-order valence-corrected chi connectivity index (χ1v) is 9.54. The number of rotatable bonds is 6. The number of para-hydroxylation sites is 2. The van der Waals surface area contributed by atoms with Crippen molar-refractivity contribution in [1.29, 1.82) is 0 Å². The van der Waals surface area contributed by atoms with E-state index in [1.165, 1.54) is 18.2 Å². The van der Waals surface area contributed by atoms with E-state index in [2.05, 4.69) is 10.3 Å². The van der Waals surface area contributed by atoms with Crippen LogP contribution in [-0.2, 0) is 4.79 Å². The van der Waals surface area contributed by atoms with Crippen molar-refractivity contribution < 1.29 is 14.5 Å². The number of aromatic nitrogens is 1. The van der Waals surface area contributed by atoms with Crippen molar-refractivity contribution in [3.63, 3.8) is 0 Å². The molecule has 7 nitrogen and oxygen atoms in total. The van der Waals surface area contributed by atoms with Gasteiger partial charge in [0.25, 0.3) is 11.6 Å². The zero-order valence-corrected chi connectivity index (χ0v) is 15.9. The first kappa shape index (κ1) is 18.6. The first-order valence-electron chi connectivity index (χ1n) is 8.72. The number of hydrogen-bond acceptors (Lipinski definition) is 6. The van der Waals surface area contributed by atoms with Gasteiger partial charge in [0.2, 0.25) is 0 Å². The molecule has 4 aromatic rings. The smallest absolute Gasteiger partial charge is 0.273 e. The van der Waals surface area contributed by atoms with E-state index in [0.717, 1.165) is 20.8 Å². The molecule has 0 aliphatic heterocycles. The van der Waals surface area contributed by atoms with Crippen LogP contribution in [0.3, 0.4) is 0 Å². The average Bonchev–Trinajstić information content (AvgIpc) is 3.17. The summed E-state index contributed by atoms with van der Waals surface area (Å²) in [5.41, 5.74) is 2.25. The maximum absolute atomic E-state index is 12.4. The number of non-ortho nitro benzene ring substituents is 1. The van der Waals surface area contributed by atoms with Crippen LogP contribution in [-0.4, -0.2) is 22.4 Å². The lowest BCUT2D eigenvalue weighted by molar-refractivity contribution is -0.384. The minimum Gasteiger partial charge on any atom is -0.484 e. The van der Waals surface area contributed by atoms with Gasteiger partial charge in [-0.05, 0) is 30.3 Å². The maximum atomic E-state index is 12.4. The van der Waals surface area contributed by atoms with Crippen LogP contribution >= 0.6 is 11.3 Å². The van der Waals surface area contributed by atoms with Crippen molar-refractivity contribution in [2.75, 3.05) is 11.9 Å². The summed E-state index contributed by atoms with van der Waals surface area (Å²) in [5, 5.41) is 14.5. The van der Waals surface area contributed by atoms with Crippen molar-refractivity contribution in [2.24, 2.45) is 0 Å². The molecule has 0 saturated heterocycles. The number of nitro benzene ring substituents is 1. The summed E-state index contributed by atoms with van der Waals surface area (Å²) in [6.45, 7) is -0.269. The number of hydrogen-bond donors (Lipinski definition) is 1. The molecule has 0 unspecified atom stereocenters. The highest BCUT2D eigenvalue weighted by molar-refractivity contribution is 7.21. The van der Waals surface area contributed by atoms with Gasteiger partial charge in [0.05, 0.1) is 26.9 Å². The van der Waals surface area contributed by atoms with Crippen LogP contribution in [0.2, 0.25) is 0 Å². The van der Waals surface area contributed by atoms with E-state index in [0.29, 0.717) is 5.69 Å². The Labute approximate surface area is 169 Å². The Kier molecular flexibility index (Phi) is 5.17. The third kappa shape index (κ3) is 4.22. The molecular weight excluding hydrogens is 390 g/mol.